The highest BCUT2D eigenvalue weighted by Gasteiger charge is 2.20. The fourth-order valence-corrected chi connectivity index (χ4v) is 4.78. The third kappa shape index (κ3) is 3.54. The van der Waals surface area contributed by atoms with Crippen LogP contribution in [0.1, 0.15) is 15.4 Å². The SMILES string of the molecule is Cc1c(NC(=S)NC(=O)c2sc3ccccc3c2Cl)c(=O)n(-c2ccccc2)n1C. The number of amides is 1. The number of anilines is 1. The van der Waals surface area contributed by atoms with Crippen molar-refractivity contribution in [1.82, 2.24) is 14.7 Å². The molecular formula is C21H17ClN4O2S2. The minimum Gasteiger partial charge on any atom is -0.326 e. The van der Waals surface area contributed by atoms with E-state index in [1.165, 1.54) is 16.0 Å². The Morgan fingerprint density at radius 2 is 1.77 bits per heavy atom. The molecular weight excluding hydrogens is 440 g/mol. The predicted octanol–water partition coefficient (Wildman–Crippen LogP) is 4.48. The number of thiophene rings is 1. The van der Waals surface area contributed by atoms with Crippen molar-refractivity contribution < 1.29 is 4.79 Å². The molecule has 152 valence electrons. The van der Waals surface area contributed by atoms with Crippen molar-refractivity contribution in [3.05, 3.63) is 80.5 Å². The number of fused-ring (bicyclic) bond motifs is 1. The molecule has 2 N–H and O–H groups in total. The van der Waals surface area contributed by atoms with Gasteiger partial charge in [0.25, 0.3) is 11.5 Å². The third-order valence-electron chi connectivity index (χ3n) is 4.76. The van der Waals surface area contributed by atoms with E-state index in [0.29, 0.717) is 21.3 Å². The van der Waals surface area contributed by atoms with E-state index >= 15 is 0 Å². The van der Waals surface area contributed by atoms with E-state index in [1.54, 1.807) is 18.7 Å². The minimum atomic E-state index is -0.421. The van der Waals surface area contributed by atoms with E-state index in [1.807, 2.05) is 54.6 Å². The van der Waals surface area contributed by atoms with Gasteiger partial charge in [-0.1, -0.05) is 48.0 Å². The number of carbonyl (C=O) groups excluding carboxylic acids is 1. The van der Waals surface area contributed by atoms with E-state index in [9.17, 15) is 9.59 Å². The Kier molecular flexibility index (Phi) is 5.46. The van der Waals surface area contributed by atoms with Crippen LogP contribution in [-0.4, -0.2) is 20.4 Å². The van der Waals surface area contributed by atoms with Gasteiger partial charge in [0.1, 0.15) is 10.6 Å². The summed E-state index contributed by atoms with van der Waals surface area (Å²) in [4.78, 5) is 26.0. The average molecular weight is 457 g/mol. The van der Waals surface area contributed by atoms with Gasteiger partial charge in [-0.25, -0.2) is 4.68 Å². The first-order valence-corrected chi connectivity index (χ1v) is 10.6. The Hall–Kier alpha value is -2.94. The minimum absolute atomic E-state index is 0.0273. The second-order valence-corrected chi connectivity index (χ2v) is 8.42. The zero-order chi connectivity index (χ0) is 21.4. The fraction of sp³-hybridized carbons (Fsp3) is 0.0952. The average Bonchev–Trinajstić information content (AvgIpc) is 3.18. The van der Waals surface area contributed by atoms with Crippen LogP contribution in [0.2, 0.25) is 5.02 Å². The van der Waals surface area contributed by atoms with Gasteiger partial charge in [-0.15, -0.1) is 11.3 Å². The predicted molar refractivity (Wildman–Crippen MR) is 126 cm³/mol. The molecule has 0 bridgehead atoms. The van der Waals surface area contributed by atoms with Gasteiger partial charge in [-0.3, -0.25) is 19.6 Å². The largest absolute Gasteiger partial charge is 0.326 e. The molecule has 0 spiro atoms. The molecule has 2 aromatic heterocycles. The van der Waals surface area contributed by atoms with Gasteiger partial charge in [-0.05, 0) is 37.3 Å². The van der Waals surface area contributed by atoms with Crippen LogP contribution in [-0.2, 0) is 7.05 Å². The summed E-state index contributed by atoms with van der Waals surface area (Å²) >= 11 is 12.9. The van der Waals surface area contributed by atoms with E-state index < -0.39 is 5.91 Å². The van der Waals surface area contributed by atoms with Crippen molar-refractivity contribution in [3.8, 4) is 5.69 Å². The van der Waals surface area contributed by atoms with Gasteiger partial charge in [0.05, 0.1) is 16.4 Å². The lowest BCUT2D eigenvalue weighted by molar-refractivity contribution is 0.0982. The molecule has 1 amide bonds. The highest BCUT2D eigenvalue weighted by molar-refractivity contribution is 7.80. The molecule has 2 aromatic carbocycles. The molecule has 0 saturated heterocycles. The number of nitrogens with one attached hydrogen (secondary N) is 2. The zero-order valence-electron chi connectivity index (χ0n) is 16.1. The molecule has 0 saturated carbocycles. The van der Waals surface area contributed by atoms with Gasteiger partial charge < -0.3 is 5.32 Å². The molecule has 0 aliphatic carbocycles. The number of hydrogen-bond donors (Lipinski definition) is 2. The fourth-order valence-electron chi connectivity index (χ4n) is 3.18. The van der Waals surface area contributed by atoms with E-state index in [4.69, 9.17) is 23.8 Å². The summed E-state index contributed by atoms with van der Waals surface area (Å²) in [6.45, 7) is 1.80. The van der Waals surface area contributed by atoms with Crippen LogP contribution in [0.3, 0.4) is 0 Å². The van der Waals surface area contributed by atoms with Crippen LogP contribution in [0.15, 0.2) is 59.4 Å². The van der Waals surface area contributed by atoms with Crippen LogP contribution in [0.5, 0.6) is 0 Å². The van der Waals surface area contributed by atoms with Gasteiger partial charge in [0.2, 0.25) is 0 Å². The lowest BCUT2D eigenvalue weighted by atomic mass is 10.2. The summed E-state index contributed by atoms with van der Waals surface area (Å²) in [7, 11) is 1.79. The lowest BCUT2D eigenvalue weighted by Crippen LogP contribution is -2.35. The highest BCUT2D eigenvalue weighted by atomic mass is 35.5. The van der Waals surface area contributed by atoms with Crippen molar-refractivity contribution in [2.45, 2.75) is 6.92 Å². The maximum atomic E-state index is 13.0. The Labute approximate surface area is 186 Å². The smallest absolute Gasteiger partial charge is 0.295 e. The zero-order valence-corrected chi connectivity index (χ0v) is 18.5. The Balaban J connectivity index is 1.58. The molecule has 2 heterocycles. The number of nitrogens with zero attached hydrogens (tertiary/aromatic N) is 2. The molecule has 0 aliphatic heterocycles. The number of hydrogen-bond acceptors (Lipinski definition) is 4. The van der Waals surface area contributed by atoms with Crippen LogP contribution in [0.25, 0.3) is 15.8 Å². The van der Waals surface area contributed by atoms with Crippen molar-refractivity contribution in [2.24, 2.45) is 7.05 Å². The topological polar surface area (TPSA) is 68.1 Å². The quantitative estimate of drug-likeness (QED) is 0.446. The Bertz CT molecular complexity index is 1340. The number of benzene rings is 2. The molecule has 4 rings (SSSR count). The molecule has 0 atom stereocenters. The number of thiocarbonyl (C=S) groups is 1. The van der Waals surface area contributed by atoms with Gasteiger partial charge >= 0.3 is 0 Å². The summed E-state index contributed by atoms with van der Waals surface area (Å²) in [6.07, 6.45) is 0. The monoisotopic (exact) mass is 456 g/mol. The van der Waals surface area contributed by atoms with Crippen LogP contribution >= 0.6 is 35.2 Å². The maximum absolute atomic E-state index is 13.0. The molecule has 0 aliphatic rings. The van der Waals surface area contributed by atoms with Crippen molar-refractivity contribution in [3.63, 3.8) is 0 Å². The summed E-state index contributed by atoms with van der Waals surface area (Å²) in [5.41, 5.74) is 1.44. The molecule has 30 heavy (non-hydrogen) atoms. The first-order chi connectivity index (χ1) is 14.4. The van der Waals surface area contributed by atoms with Crippen molar-refractivity contribution in [2.75, 3.05) is 5.32 Å². The highest BCUT2D eigenvalue weighted by Crippen LogP contribution is 2.35. The standard InChI is InChI=1S/C21H17ClN4O2S2/c1-12-17(20(28)26(25(12)2)13-8-4-3-5-9-13)23-21(29)24-19(27)18-16(22)14-10-6-7-11-15(14)30-18/h3-11H,1-2H3,(H2,23,24,27,29). The molecule has 0 fully saturated rings. The van der Waals surface area contributed by atoms with E-state index in [2.05, 4.69) is 10.6 Å². The normalized spacial score (nSPS) is 10.9. The summed E-state index contributed by atoms with van der Waals surface area (Å²) in [6, 6.07) is 16.8. The van der Waals surface area contributed by atoms with Gasteiger partial charge in [-0.2, -0.15) is 0 Å². The summed E-state index contributed by atoms with van der Waals surface area (Å²) in [5.74, 6) is -0.421. The molecule has 0 radical (unpaired) electrons. The summed E-state index contributed by atoms with van der Waals surface area (Å²) < 4.78 is 4.18. The van der Waals surface area contributed by atoms with E-state index in [0.717, 1.165) is 15.8 Å². The number of carbonyl (C=O) groups is 1. The Morgan fingerprint density at radius 1 is 1.10 bits per heavy atom. The Morgan fingerprint density at radius 3 is 2.47 bits per heavy atom. The van der Waals surface area contributed by atoms with Crippen LogP contribution < -0.4 is 16.2 Å². The second kappa shape index (κ2) is 8.06. The van der Waals surface area contributed by atoms with Crippen molar-refractivity contribution in [1.29, 1.82) is 0 Å². The van der Waals surface area contributed by atoms with Crippen LogP contribution in [0, 0.1) is 6.92 Å². The number of rotatable bonds is 3. The molecule has 6 nitrogen and oxygen atoms in total. The first-order valence-electron chi connectivity index (χ1n) is 9.02. The van der Waals surface area contributed by atoms with Gasteiger partial charge in [0.15, 0.2) is 5.11 Å². The van der Waals surface area contributed by atoms with E-state index in [-0.39, 0.29) is 10.7 Å². The molecule has 9 heteroatoms. The van der Waals surface area contributed by atoms with Crippen LogP contribution in [0.4, 0.5) is 5.69 Å². The van der Waals surface area contributed by atoms with Gasteiger partial charge in [0, 0.05) is 17.1 Å². The lowest BCUT2D eigenvalue weighted by Gasteiger charge is -2.08. The first kappa shape index (κ1) is 20.3. The number of para-hydroxylation sites is 1. The molecule has 4 aromatic rings. The molecule has 0 unspecified atom stereocenters. The summed E-state index contributed by atoms with van der Waals surface area (Å²) in [5, 5.41) is 6.72. The third-order valence-corrected chi connectivity index (χ3v) is 6.64. The number of aromatic nitrogens is 2. The van der Waals surface area contributed by atoms with Crippen molar-refractivity contribution >= 4 is 61.9 Å². The second-order valence-electron chi connectivity index (χ2n) is 6.59. The number of halogens is 1. The maximum Gasteiger partial charge on any atom is 0.295 e.